The van der Waals surface area contributed by atoms with Crippen molar-refractivity contribution in [3.05, 3.63) is 0 Å². The van der Waals surface area contributed by atoms with Crippen LogP contribution >= 0.6 is 0 Å². The number of unbranched alkanes of at least 4 members (excludes halogenated alkanes) is 2. The summed E-state index contributed by atoms with van der Waals surface area (Å²) in [4.78, 5) is 0. The minimum atomic E-state index is -0.00203. The van der Waals surface area contributed by atoms with Gasteiger partial charge in [-0.25, -0.2) is 0 Å². The van der Waals surface area contributed by atoms with Gasteiger partial charge in [0.1, 0.15) is 0 Å². The Morgan fingerprint density at radius 2 is 1.85 bits per heavy atom. The van der Waals surface area contributed by atoms with Crippen LogP contribution in [0.1, 0.15) is 53.4 Å². The molecule has 1 unspecified atom stereocenters. The van der Waals surface area contributed by atoms with Crippen molar-refractivity contribution in [3.63, 3.8) is 0 Å². The first-order valence-corrected chi connectivity index (χ1v) is 7.90. The predicted octanol–water partition coefficient (Wildman–Crippen LogP) is 2.92. The Balaban J connectivity index is 3.63. The van der Waals surface area contributed by atoms with E-state index in [4.69, 9.17) is 4.74 Å². The highest BCUT2D eigenvalue weighted by Gasteiger charge is 2.16. The van der Waals surface area contributed by atoms with E-state index in [1.807, 2.05) is 0 Å². The SMILES string of the molecule is CCCCCC(OC(C)(C)C)[SiH2]C. The van der Waals surface area contributed by atoms with Gasteiger partial charge in [0, 0.05) is 5.73 Å². The first-order chi connectivity index (χ1) is 5.99. The van der Waals surface area contributed by atoms with E-state index < -0.39 is 0 Å². The monoisotopic (exact) mass is 202 g/mol. The molecule has 0 fully saturated rings. The Kier molecular flexibility index (Phi) is 6.69. The van der Waals surface area contributed by atoms with Gasteiger partial charge in [-0.05, 0) is 27.2 Å². The fourth-order valence-electron chi connectivity index (χ4n) is 1.47. The van der Waals surface area contributed by atoms with Crippen molar-refractivity contribution in [3.8, 4) is 0 Å². The van der Waals surface area contributed by atoms with E-state index in [0.29, 0.717) is 5.73 Å². The second kappa shape index (κ2) is 6.60. The van der Waals surface area contributed by atoms with Gasteiger partial charge >= 0.3 is 0 Å². The maximum absolute atomic E-state index is 6.00. The van der Waals surface area contributed by atoms with Gasteiger partial charge in [0.25, 0.3) is 0 Å². The summed E-state index contributed by atoms with van der Waals surface area (Å²) in [5, 5.41) is 0. The fraction of sp³-hybridized carbons (Fsp3) is 1.00. The zero-order valence-corrected chi connectivity index (χ0v) is 11.4. The van der Waals surface area contributed by atoms with Crippen LogP contribution in [0.3, 0.4) is 0 Å². The Hall–Kier alpha value is 0.177. The number of rotatable bonds is 6. The molecule has 0 saturated carbocycles. The van der Waals surface area contributed by atoms with Crippen LogP contribution in [0, 0.1) is 0 Å². The molecule has 0 aromatic carbocycles. The van der Waals surface area contributed by atoms with Crippen LogP contribution in [0.5, 0.6) is 0 Å². The average Bonchev–Trinajstić information content (AvgIpc) is 2.01. The molecule has 0 heterocycles. The van der Waals surface area contributed by atoms with Gasteiger partial charge < -0.3 is 4.74 Å². The molecule has 13 heavy (non-hydrogen) atoms. The van der Waals surface area contributed by atoms with Gasteiger partial charge in [-0.1, -0.05) is 32.7 Å². The molecule has 1 atom stereocenters. The molecule has 0 saturated heterocycles. The van der Waals surface area contributed by atoms with Crippen LogP contribution in [0.15, 0.2) is 0 Å². The van der Waals surface area contributed by atoms with Crippen molar-refractivity contribution in [2.45, 2.75) is 71.3 Å². The standard InChI is InChI=1S/C11H26OSi/c1-6-7-8-9-10(13-5)12-11(2,3)4/h10H,6-9,13H2,1-5H3. The molecule has 0 radical (unpaired) electrons. The topological polar surface area (TPSA) is 9.23 Å². The highest BCUT2D eigenvalue weighted by molar-refractivity contribution is 6.35. The molecule has 0 aromatic heterocycles. The van der Waals surface area contributed by atoms with Gasteiger partial charge in [0.15, 0.2) is 0 Å². The smallest absolute Gasteiger partial charge is 0.0597 e. The van der Waals surface area contributed by atoms with Crippen LogP contribution in [-0.2, 0) is 4.74 Å². The molecule has 0 spiro atoms. The lowest BCUT2D eigenvalue weighted by Gasteiger charge is -2.26. The third-order valence-corrected chi connectivity index (χ3v) is 3.59. The zero-order valence-electron chi connectivity index (χ0n) is 10.0. The molecule has 0 bridgehead atoms. The van der Waals surface area contributed by atoms with E-state index in [1.54, 1.807) is 0 Å². The van der Waals surface area contributed by atoms with Crippen LogP contribution in [0.25, 0.3) is 0 Å². The van der Waals surface area contributed by atoms with E-state index in [1.165, 1.54) is 25.7 Å². The van der Waals surface area contributed by atoms with Crippen LogP contribution in [0.4, 0.5) is 0 Å². The molecule has 0 aliphatic carbocycles. The van der Waals surface area contributed by atoms with Crippen molar-refractivity contribution >= 4 is 9.52 Å². The van der Waals surface area contributed by atoms with Gasteiger partial charge in [-0.2, -0.15) is 0 Å². The van der Waals surface area contributed by atoms with Crippen molar-refractivity contribution in [1.29, 1.82) is 0 Å². The van der Waals surface area contributed by atoms with E-state index >= 15 is 0 Å². The van der Waals surface area contributed by atoms with Gasteiger partial charge in [0.2, 0.25) is 0 Å². The molecule has 0 aliphatic heterocycles. The second-order valence-electron chi connectivity index (χ2n) is 4.76. The fourth-order valence-corrected chi connectivity index (χ4v) is 2.83. The maximum atomic E-state index is 6.00. The summed E-state index contributed by atoms with van der Waals surface area (Å²) in [5.41, 5.74) is 0.659. The normalized spacial score (nSPS) is 15.5. The quantitative estimate of drug-likeness (QED) is 0.475. The highest BCUT2D eigenvalue weighted by atomic mass is 28.2. The highest BCUT2D eigenvalue weighted by Crippen LogP contribution is 2.14. The second-order valence-corrected chi connectivity index (χ2v) is 6.48. The number of hydrogen-bond donors (Lipinski definition) is 0. The predicted molar refractivity (Wildman–Crippen MR) is 63.2 cm³/mol. The van der Waals surface area contributed by atoms with E-state index in [0.717, 1.165) is 0 Å². The zero-order chi connectivity index (χ0) is 10.3. The summed E-state index contributed by atoms with van der Waals surface area (Å²) in [7, 11) is -0.00203. The molecule has 0 rings (SSSR count). The number of hydrogen-bond acceptors (Lipinski definition) is 1. The molecule has 0 aliphatic rings. The van der Waals surface area contributed by atoms with Gasteiger partial charge in [-0.3, -0.25) is 0 Å². The molecular formula is C11H26OSi. The summed E-state index contributed by atoms with van der Waals surface area (Å²) < 4.78 is 6.00. The summed E-state index contributed by atoms with van der Waals surface area (Å²) in [6.07, 6.45) is 5.30. The Morgan fingerprint density at radius 3 is 2.23 bits per heavy atom. The van der Waals surface area contributed by atoms with Crippen molar-refractivity contribution in [2.24, 2.45) is 0 Å². The third-order valence-electron chi connectivity index (χ3n) is 2.11. The summed E-state index contributed by atoms with van der Waals surface area (Å²) in [6, 6.07) is 0. The van der Waals surface area contributed by atoms with Crippen LogP contribution in [0.2, 0.25) is 6.55 Å². The van der Waals surface area contributed by atoms with E-state index in [2.05, 4.69) is 34.2 Å². The van der Waals surface area contributed by atoms with E-state index in [-0.39, 0.29) is 15.1 Å². The van der Waals surface area contributed by atoms with Gasteiger partial charge in [-0.15, -0.1) is 0 Å². The van der Waals surface area contributed by atoms with E-state index in [9.17, 15) is 0 Å². The maximum Gasteiger partial charge on any atom is 0.0597 e. The van der Waals surface area contributed by atoms with Crippen molar-refractivity contribution in [2.75, 3.05) is 0 Å². The molecule has 2 heteroatoms. The molecule has 0 aromatic rings. The molecule has 1 nitrogen and oxygen atoms in total. The lowest BCUT2D eigenvalue weighted by atomic mass is 10.2. The Labute approximate surface area is 86.1 Å². The summed E-state index contributed by atoms with van der Waals surface area (Å²) in [5.74, 6) is 0. The average molecular weight is 202 g/mol. The third kappa shape index (κ3) is 8.51. The first-order valence-electron chi connectivity index (χ1n) is 5.67. The minimum Gasteiger partial charge on any atom is -0.377 e. The summed E-state index contributed by atoms with van der Waals surface area (Å²) in [6.45, 7) is 11.1. The summed E-state index contributed by atoms with van der Waals surface area (Å²) >= 11 is 0. The Bertz CT molecular complexity index is 118. The minimum absolute atomic E-state index is 0.00203. The largest absolute Gasteiger partial charge is 0.377 e. The molecule has 0 N–H and O–H groups in total. The molecule has 80 valence electrons. The molecule has 0 amide bonds. The van der Waals surface area contributed by atoms with Crippen LogP contribution < -0.4 is 0 Å². The lowest BCUT2D eigenvalue weighted by molar-refractivity contribution is -0.0279. The van der Waals surface area contributed by atoms with Gasteiger partial charge in [0.05, 0.1) is 15.1 Å². The van der Waals surface area contributed by atoms with Crippen molar-refractivity contribution < 1.29 is 4.74 Å². The Morgan fingerprint density at radius 1 is 1.23 bits per heavy atom. The van der Waals surface area contributed by atoms with Crippen molar-refractivity contribution in [1.82, 2.24) is 0 Å². The van der Waals surface area contributed by atoms with Crippen LogP contribution in [-0.4, -0.2) is 20.8 Å². The number of ether oxygens (including phenoxy) is 1. The lowest BCUT2D eigenvalue weighted by Crippen LogP contribution is -2.30. The first kappa shape index (κ1) is 13.2. The molecular weight excluding hydrogens is 176 g/mol.